The van der Waals surface area contributed by atoms with Gasteiger partial charge in [0.15, 0.2) is 6.29 Å². The average molecular weight is 294 g/mol. The third-order valence-corrected chi connectivity index (χ3v) is 2.85. The summed E-state index contributed by atoms with van der Waals surface area (Å²) in [6, 6.07) is 0. The van der Waals surface area contributed by atoms with Gasteiger partial charge in [-0.05, 0) is 0 Å². The highest BCUT2D eigenvalue weighted by molar-refractivity contribution is 5.85. The zero-order valence-corrected chi connectivity index (χ0v) is 10.5. The van der Waals surface area contributed by atoms with Gasteiger partial charge in [0.25, 0.3) is 0 Å². The van der Waals surface area contributed by atoms with E-state index in [1.165, 1.54) is 0 Å². The Morgan fingerprint density at radius 3 is 2.20 bits per heavy atom. The predicted molar refractivity (Wildman–Crippen MR) is 61.6 cm³/mol. The summed E-state index contributed by atoms with van der Waals surface area (Å²) < 4.78 is 10.00. The van der Waals surface area contributed by atoms with Gasteiger partial charge in [-0.25, -0.2) is 0 Å². The van der Waals surface area contributed by atoms with Crippen molar-refractivity contribution in [3.05, 3.63) is 0 Å². The van der Waals surface area contributed by atoms with E-state index in [2.05, 4.69) is 0 Å². The van der Waals surface area contributed by atoms with Gasteiger partial charge < -0.3 is 41.4 Å². The fourth-order valence-corrected chi connectivity index (χ4v) is 1.74. The van der Waals surface area contributed by atoms with Gasteiger partial charge in [0.1, 0.15) is 30.5 Å². The van der Waals surface area contributed by atoms with Gasteiger partial charge in [-0.15, -0.1) is 0 Å². The molecule has 1 heterocycles. The van der Waals surface area contributed by atoms with Gasteiger partial charge >= 0.3 is 0 Å². The predicted octanol–water partition coefficient (Wildman–Crippen LogP) is -4.47. The van der Waals surface area contributed by atoms with Crippen molar-refractivity contribution in [1.29, 1.82) is 0 Å². The number of nitrogens with two attached hydrogens (primary N) is 2. The van der Waals surface area contributed by atoms with Gasteiger partial charge in [0.05, 0.1) is 13.0 Å². The summed E-state index contributed by atoms with van der Waals surface area (Å²) in [5.74, 6) is -1.88. The molecule has 10 heteroatoms. The van der Waals surface area contributed by atoms with Crippen LogP contribution in [0.3, 0.4) is 0 Å². The maximum absolute atomic E-state index is 11.1. The molecule has 0 aliphatic carbocycles. The summed E-state index contributed by atoms with van der Waals surface area (Å²) in [7, 11) is 0. The zero-order valence-electron chi connectivity index (χ0n) is 10.5. The van der Waals surface area contributed by atoms with Crippen LogP contribution in [0.2, 0.25) is 0 Å². The summed E-state index contributed by atoms with van der Waals surface area (Å²) in [5, 5.41) is 37.7. The Bertz CT molecular complexity index is 363. The lowest BCUT2D eigenvalue weighted by molar-refractivity contribution is -0.308. The van der Waals surface area contributed by atoms with Crippen LogP contribution in [0.15, 0.2) is 0 Å². The zero-order chi connectivity index (χ0) is 15.4. The number of carbonyl (C=O) groups excluding carboxylic acids is 2. The number of carbonyl (C=O) groups is 2. The minimum Gasteiger partial charge on any atom is -0.394 e. The van der Waals surface area contributed by atoms with E-state index < -0.39 is 61.7 Å². The second-order valence-corrected chi connectivity index (χ2v) is 4.39. The molecular weight excluding hydrogens is 276 g/mol. The third-order valence-electron chi connectivity index (χ3n) is 2.85. The SMILES string of the molecule is NC(=O)CC(OC1OC(CO)[C@H](O)C(O)C1O)C(N)=O. The van der Waals surface area contributed by atoms with Gasteiger partial charge in [0.2, 0.25) is 11.8 Å². The molecule has 20 heavy (non-hydrogen) atoms. The molecule has 6 atom stereocenters. The van der Waals surface area contributed by atoms with Crippen LogP contribution in [-0.2, 0) is 19.1 Å². The van der Waals surface area contributed by atoms with Crippen molar-refractivity contribution in [1.82, 2.24) is 0 Å². The molecule has 0 aromatic rings. The van der Waals surface area contributed by atoms with Crippen LogP contribution in [0.1, 0.15) is 6.42 Å². The number of ether oxygens (including phenoxy) is 2. The molecule has 1 saturated heterocycles. The fourth-order valence-electron chi connectivity index (χ4n) is 1.74. The molecular formula is C10H18N2O8. The second kappa shape index (κ2) is 6.92. The van der Waals surface area contributed by atoms with Gasteiger partial charge in [-0.1, -0.05) is 0 Å². The lowest BCUT2D eigenvalue weighted by Crippen LogP contribution is -2.60. The fraction of sp³-hybridized carbons (Fsp3) is 0.800. The molecule has 10 nitrogen and oxygen atoms in total. The third kappa shape index (κ3) is 3.85. The molecule has 1 fully saturated rings. The highest BCUT2D eigenvalue weighted by atomic mass is 16.7. The van der Waals surface area contributed by atoms with Crippen LogP contribution in [0, 0.1) is 0 Å². The van der Waals surface area contributed by atoms with E-state index >= 15 is 0 Å². The van der Waals surface area contributed by atoms with E-state index in [1.807, 2.05) is 0 Å². The Hall–Kier alpha value is -1.30. The second-order valence-electron chi connectivity index (χ2n) is 4.39. The Kier molecular flexibility index (Phi) is 5.80. The molecule has 0 bridgehead atoms. The normalized spacial score (nSPS) is 35.5. The molecule has 0 spiro atoms. The number of amides is 2. The molecule has 1 aliphatic rings. The largest absolute Gasteiger partial charge is 0.394 e. The van der Waals surface area contributed by atoms with Crippen molar-refractivity contribution >= 4 is 11.8 Å². The van der Waals surface area contributed by atoms with E-state index in [1.54, 1.807) is 0 Å². The summed E-state index contributed by atoms with van der Waals surface area (Å²) in [6.07, 6.45) is -9.66. The number of primary amides is 2. The van der Waals surface area contributed by atoms with Gasteiger partial charge in [-0.3, -0.25) is 9.59 Å². The van der Waals surface area contributed by atoms with Crippen LogP contribution in [-0.4, -0.2) is 75.7 Å². The molecule has 1 aliphatic heterocycles. The molecule has 0 radical (unpaired) electrons. The van der Waals surface area contributed by atoms with E-state index in [-0.39, 0.29) is 0 Å². The van der Waals surface area contributed by atoms with Crippen molar-refractivity contribution in [3.8, 4) is 0 Å². The maximum atomic E-state index is 11.1. The Morgan fingerprint density at radius 1 is 1.15 bits per heavy atom. The maximum Gasteiger partial charge on any atom is 0.247 e. The molecule has 0 saturated carbocycles. The lowest BCUT2D eigenvalue weighted by Gasteiger charge is -2.40. The van der Waals surface area contributed by atoms with E-state index in [0.29, 0.717) is 0 Å². The first-order valence-electron chi connectivity index (χ1n) is 5.81. The van der Waals surface area contributed by atoms with Crippen LogP contribution in [0.4, 0.5) is 0 Å². The summed E-state index contributed by atoms with van der Waals surface area (Å²) in [4.78, 5) is 21.9. The number of hydrogen-bond donors (Lipinski definition) is 6. The first-order valence-corrected chi connectivity index (χ1v) is 5.81. The van der Waals surface area contributed by atoms with Crippen molar-refractivity contribution in [2.45, 2.75) is 43.2 Å². The highest BCUT2D eigenvalue weighted by Gasteiger charge is 2.45. The Morgan fingerprint density at radius 2 is 1.75 bits per heavy atom. The highest BCUT2D eigenvalue weighted by Crippen LogP contribution is 2.23. The van der Waals surface area contributed by atoms with Crippen LogP contribution in [0.5, 0.6) is 0 Å². The molecule has 116 valence electrons. The topological polar surface area (TPSA) is 186 Å². The van der Waals surface area contributed by atoms with Gasteiger partial charge in [0, 0.05) is 0 Å². The molecule has 0 aromatic heterocycles. The smallest absolute Gasteiger partial charge is 0.247 e. The van der Waals surface area contributed by atoms with Crippen LogP contribution < -0.4 is 11.5 Å². The quantitative estimate of drug-likeness (QED) is 0.283. The summed E-state index contributed by atoms with van der Waals surface area (Å²) in [5.41, 5.74) is 9.92. The Balaban J connectivity index is 2.77. The molecule has 0 aromatic carbocycles. The number of hydrogen-bond acceptors (Lipinski definition) is 8. The average Bonchev–Trinajstić information content (AvgIpc) is 2.37. The van der Waals surface area contributed by atoms with E-state index in [4.69, 9.17) is 26.0 Å². The number of aliphatic hydroxyl groups is 4. The Labute approximate surface area is 113 Å². The van der Waals surface area contributed by atoms with Crippen molar-refractivity contribution in [3.63, 3.8) is 0 Å². The van der Waals surface area contributed by atoms with E-state index in [0.717, 1.165) is 0 Å². The van der Waals surface area contributed by atoms with Crippen molar-refractivity contribution in [2.24, 2.45) is 11.5 Å². The van der Waals surface area contributed by atoms with Gasteiger partial charge in [-0.2, -0.15) is 0 Å². The number of rotatable bonds is 6. The molecule has 2 amide bonds. The summed E-state index contributed by atoms with van der Waals surface area (Å²) in [6.45, 7) is -0.651. The molecule has 5 unspecified atom stereocenters. The van der Waals surface area contributed by atoms with Crippen molar-refractivity contribution in [2.75, 3.05) is 6.61 Å². The van der Waals surface area contributed by atoms with Crippen LogP contribution >= 0.6 is 0 Å². The van der Waals surface area contributed by atoms with Crippen molar-refractivity contribution < 1.29 is 39.5 Å². The minimum atomic E-state index is -1.69. The first kappa shape index (κ1) is 16.8. The summed E-state index contributed by atoms with van der Waals surface area (Å²) >= 11 is 0. The standard InChI is InChI=1S/C10H18N2O8/c11-5(14)1-3(9(12)18)19-10-8(17)7(16)6(15)4(2-13)20-10/h3-4,6-8,10,13,15-17H,1-2H2,(H2,11,14)(H2,12,18)/t3?,4?,6-,7?,8?,10?/m0/s1. The first-order chi connectivity index (χ1) is 9.27. The molecule has 1 rings (SSSR count). The monoisotopic (exact) mass is 294 g/mol. The van der Waals surface area contributed by atoms with Crippen LogP contribution in [0.25, 0.3) is 0 Å². The number of aliphatic hydroxyl groups excluding tert-OH is 4. The molecule has 8 N–H and O–H groups in total. The lowest BCUT2D eigenvalue weighted by atomic mass is 9.99. The minimum absolute atomic E-state index is 0.537. The van der Waals surface area contributed by atoms with E-state index in [9.17, 15) is 24.9 Å².